The van der Waals surface area contributed by atoms with Crippen molar-refractivity contribution in [3.8, 4) is 0 Å². The summed E-state index contributed by atoms with van der Waals surface area (Å²) in [6.07, 6.45) is 0. The van der Waals surface area contributed by atoms with Crippen molar-refractivity contribution in [2.75, 3.05) is 26.2 Å². The Labute approximate surface area is 123 Å². The van der Waals surface area contributed by atoms with Crippen molar-refractivity contribution < 1.29 is 4.39 Å². The van der Waals surface area contributed by atoms with Gasteiger partial charge in [-0.3, -0.25) is 9.80 Å². The highest BCUT2D eigenvalue weighted by Crippen LogP contribution is 2.15. The molecular weight excluding hydrogens is 271 g/mol. The molecule has 1 aromatic heterocycles. The fourth-order valence-electron chi connectivity index (χ4n) is 2.58. The lowest BCUT2D eigenvalue weighted by molar-refractivity contribution is 0.123. The molecule has 1 fully saturated rings. The number of hydrogen-bond acceptors (Lipinski definition) is 3. The van der Waals surface area contributed by atoms with E-state index in [2.05, 4.69) is 27.3 Å². The minimum Gasteiger partial charge on any atom is -0.297 e. The third kappa shape index (κ3) is 3.66. The van der Waals surface area contributed by atoms with Crippen molar-refractivity contribution in [1.29, 1.82) is 0 Å². The summed E-state index contributed by atoms with van der Waals surface area (Å²) in [4.78, 5) is 6.39. The number of rotatable bonds is 4. The molecular formula is C16H19FN2S. The van der Waals surface area contributed by atoms with E-state index in [4.69, 9.17) is 0 Å². The van der Waals surface area contributed by atoms with E-state index in [1.807, 2.05) is 23.5 Å². The Balaban J connectivity index is 1.47. The summed E-state index contributed by atoms with van der Waals surface area (Å²) in [6.45, 7) is 6.39. The molecule has 2 heterocycles. The minimum absolute atomic E-state index is 0.158. The number of benzene rings is 1. The molecule has 0 amide bonds. The predicted octanol–water partition coefficient (Wildman–Crippen LogP) is 3.21. The van der Waals surface area contributed by atoms with Crippen LogP contribution in [-0.2, 0) is 13.1 Å². The summed E-state index contributed by atoms with van der Waals surface area (Å²) >= 11 is 1.83. The maximum Gasteiger partial charge on any atom is 0.123 e. The number of thiophene rings is 1. The molecule has 0 atom stereocenters. The molecule has 0 radical (unpaired) electrons. The lowest BCUT2D eigenvalue weighted by Crippen LogP contribution is -2.45. The lowest BCUT2D eigenvalue weighted by Gasteiger charge is -2.34. The molecule has 106 valence electrons. The van der Waals surface area contributed by atoms with Gasteiger partial charge in [-0.05, 0) is 29.1 Å². The second kappa shape index (κ2) is 6.48. The van der Waals surface area contributed by atoms with Gasteiger partial charge < -0.3 is 0 Å². The zero-order chi connectivity index (χ0) is 13.8. The first-order valence-electron chi connectivity index (χ1n) is 7.01. The van der Waals surface area contributed by atoms with Crippen molar-refractivity contribution in [2.24, 2.45) is 0 Å². The van der Waals surface area contributed by atoms with Gasteiger partial charge in [0.1, 0.15) is 5.82 Å². The van der Waals surface area contributed by atoms with E-state index in [1.165, 1.54) is 10.4 Å². The highest BCUT2D eigenvalue weighted by atomic mass is 32.1. The molecule has 1 saturated heterocycles. The number of piperazine rings is 1. The SMILES string of the molecule is Fc1ccc(CN2CCN(Cc3cccs3)CC2)cc1. The quantitative estimate of drug-likeness (QED) is 0.853. The summed E-state index contributed by atoms with van der Waals surface area (Å²) in [7, 11) is 0. The fraction of sp³-hybridized carbons (Fsp3) is 0.375. The molecule has 0 aliphatic carbocycles. The summed E-state index contributed by atoms with van der Waals surface area (Å²) in [5.74, 6) is -0.158. The third-order valence-corrected chi connectivity index (χ3v) is 4.61. The van der Waals surface area contributed by atoms with Crippen molar-refractivity contribution >= 4 is 11.3 Å². The van der Waals surface area contributed by atoms with E-state index in [-0.39, 0.29) is 5.82 Å². The van der Waals surface area contributed by atoms with Gasteiger partial charge in [0.15, 0.2) is 0 Å². The minimum atomic E-state index is -0.158. The van der Waals surface area contributed by atoms with Crippen LogP contribution in [-0.4, -0.2) is 36.0 Å². The molecule has 1 aliphatic rings. The normalized spacial score (nSPS) is 17.4. The first-order valence-corrected chi connectivity index (χ1v) is 7.89. The highest BCUT2D eigenvalue weighted by molar-refractivity contribution is 7.09. The number of halogens is 1. The number of hydrogen-bond donors (Lipinski definition) is 0. The van der Waals surface area contributed by atoms with Crippen LogP contribution in [0, 0.1) is 5.82 Å². The van der Waals surface area contributed by atoms with Crippen LogP contribution in [0.5, 0.6) is 0 Å². The highest BCUT2D eigenvalue weighted by Gasteiger charge is 2.17. The molecule has 0 bridgehead atoms. The van der Waals surface area contributed by atoms with Crippen LogP contribution in [0.3, 0.4) is 0 Å². The van der Waals surface area contributed by atoms with Crippen molar-refractivity contribution in [2.45, 2.75) is 13.1 Å². The van der Waals surface area contributed by atoms with Gasteiger partial charge in [0.25, 0.3) is 0 Å². The molecule has 0 saturated carbocycles. The van der Waals surface area contributed by atoms with Crippen LogP contribution in [0.15, 0.2) is 41.8 Å². The van der Waals surface area contributed by atoms with Gasteiger partial charge in [-0.25, -0.2) is 4.39 Å². The second-order valence-electron chi connectivity index (χ2n) is 5.26. The van der Waals surface area contributed by atoms with Crippen molar-refractivity contribution in [3.05, 3.63) is 58.0 Å². The maximum atomic E-state index is 12.9. The van der Waals surface area contributed by atoms with E-state index >= 15 is 0 Å². The molecule has 4 heteroatoms. The molecule has 0 N–H and O–H groups in total. The monoisotopic (exact) mass is 290 g/mol. The molecule has 1 aromatic carbocycles. The molecule has 0 unspecified atom stereocenters. The third-order valence-electron chi connectivity index (χ3n) is 3.74. The molecule has 2 aromatic rings. The van der Waals surface area contributed by atoms with Crippen molar-refractivity contribution in [1.82, 2.24) is 9.80 Å². The van der Waals surface area contributed by atoms with Crippen LogP contribution in [0.2, 0.25) is 0 Å². The van der Waals surface area contributed by atoms with Gasteiger partial charge in [-0.15, -0.1) is 11.3 Å². The first kappa shape index (κ1) is 13.7. The molecule has 3 rings (SSSR count). The smallest absolute Gasteiger partial charge is 0.123 e. The average Bonchev–Trinajstić information content (AvgIpc) is 2.96. The Bertz CT molecular complexity index is 516. The Morgan fingerprint density at radius 2 is 1.55 bits per heavy atom. The molecule has 20 heavy (non-hydrogen) atoms. The maximum absolute atomic E-state index is 12.9. The van der Waals surface area contributed by atoms with Crippen LogP contribution < -0.4 is 0 Å². The van der Waals surface area contributed by atoms with Crippen LogP contribution in [0.1, 0.15) is 10.4 Å². The molecule has 0 spiro atoms. The lowest BCUT2D eigenvalue weighted by atomic mass is 10.2. The van der Waals surface area contributed by atoms with Crippen LogP contribution in [0.25, 0.3) is 0 Å². The Morgan fingerprint density at radius 3 is 2.15 bits per heavy atom. The van der Waals surface area contributed by atoms with Gasteiger partial charge in [0.2, 0.25) is 0 Å². The molecule has 1 aliphatic heterocycles. The van der Waals surface area contributed by atoms with Crippen LogP contribution in [0.4, 0.5) is 4.39 Å². The van der Waals surface area contributed by atoms with Gasteiger partial charge in [-0.2, -0.15) is 0 Å². The van der Waals surface area contributed by atoms with Crippen LogP contribution >= 0.6 is 11.3 Å². The Kier molecular flexibility index (Phi) is 4.45. The summed E-state index contributed by atoms with van der Waals surface area (Å²) in [5.41, 5.74) is 1.19. The van der Waals surface area contributed by atoms with Gasteiger partial charge in [0, 0.05) is 44.1 Å². The standard InChI is InChI=1S/C16H19FN2S/c17-15-5-3-14(4-6-15)12-18-7-9-19(10-8-18)13-16-2-1-11-20-16/h1-6,11H,7-10,12-13H2. The largest absolute Gasteiger partial charge is 0.297 e. The van der Waals surface area contributed by atoms with Gasteiger partial charge in [-0.1, -0.05) is 18.2 Å². The fourth-order valence-corrected chi connectivity index (χ4v) is 3.32. The van der Waals surface area contributed by atoms with E-state index in [0.717, 1.165) is 39.3 Å². The van der Waals surface area contributed by atoms with Crippen molar-refractivity contribution in [3.63, 3.8) is 0 Å². The van der Waals surface area contributed by atoms with E-state index in [1.54, 1.807) is 12.1 Å². The Hall–Kier alpha value is -1.23. The van der Waals surface area contributed by atoms with E-state index < -0.39 is 0 Å². The Morgan fingerprint density at radius 1 is 0.900 bits per heavy atom. The van der Waals surface area contributed by atoms with Gasteiger partial charge in [0.05, 0.1) is 0 Å². The summed E-state index contributed by atoms with van der Waals surface area (Å²) in [5, 5.41) is 2.14. The second-order valence-corrected chi connectivity index (χ2v) is 6.29. The van der Waals surface area contributed by atoms with E-state index in [0.29, 0.717) is 0 Å². The van der Waals surface area contributed by atoms with E-state index in [9.17, 15) is 4.39 Å². The average molecular weight is 290 g/mol. The zero-order valence-corrected chi connectivity index (χ0v) is 12.3. The number of nitrogens with zero attached hydrogens (tertiary/aromatic N) is 2. The first-order chi connectivity index (χ1) is 9.79. The topological polar surface area (TPSA) is 6.48 Å². The summed E-state index contributed by atoms with van der Waals surface area (Å²) in [6, 6.07) is 11.2. The predicted molar refractivity (Wildman–Crippen MR) is 81.3 cm³/mol. The summed E-state index contributed by atoms with van der Waals surface area (Å²) < 4.78 is 12.9. The molecule has 2 nitrogen and oxygen atoms in total. The van der Waals surface area contributed by atoms with Gasteiger partial charge >= 0.3 is 0 Å². The zero-order valence-electron chi connectivity index (χ0n) is 11.5.